The molecule has 0 aliphatic carbocycles. The lowest BCUT2D eigenvalue weighted by Gasteiger charge is -2.07. The second-order valence-corrected chi connectivity index (χ2v) is 6.96. The molecule has 2 aromatic rings. The number of anilines is 1. The molecule has 28 heavy (non-hydrogen) atoms. The van der Waals surface area contributed by atoms with E-state index in [4.69, 9.17) is 0 Å². The maximum atomic E-state index is 13.6. The van der Waals surface area contributed by atoms with E-state index in [1.165, 1.54) is 24.4 Å². The topological polar surface area (TPSA) is 82.9 Å². The Morgan fingerprint density at radius 1 is 1.18 bits per heavy atom. The number of para-hydroxylation sites is 1. The number of benzene rings is 2. The van der Waals surface area contributed by atoms with Crippen molar-refractivity contribution in [3.8, 4) is 0 Å². The van der Waals surface area contributed by atoms with E-state index in [9.17, 15) is 14.0 Å². The fourth-order valence-electron chi connectivity index (χ4n) is 2.36. The van der Waals surface area contributed by atoms with Crippen molar-refractivity contribution in [3.63, 3.8) is 0 Å². The average molecular weight is 396 g/mol. The van der Waals surface area contributed by atoms with E-state index in [0.717, 1.165) is 17.3 Å². The third-order valence-corrected chi connectivity index (χ3v) is 4.76. The lowest BCUT2D eigenvalue weighted by Crippen LogP contribution is -2.28. The molecule has 1 saturated heterocycles. The van der Waals surface area contributed by atoms with Gasteiger partial charge in [-0.05, 0) is 23.8 Å². The zero-order valence-electron chi connectivity index (χ0n) is 14.7. The summed E-state index contributed by atoms with van der Waals surface area (Å²) in [5, 5.41) is 12.5. The Hall–Kier alpha value is -3.26. The average Bonchev–Trinajstić information content (AvgIpc) is 3.03. The highest BCUT2D eigenvalue weighted by Gasteiger charge is 2.32. The van der Waals surface area contributed by atoms with Gasteiger partial charge >= 0.3 is 0 Å². The lowest BCUT2D eigenvalue weighted by atomic mass is 10.2. The van der Waals surface area contributed by atoms with Crippen LogP contribution in [-0.4, -0.2) is 28.4 Å². The fourth-order valence-corrected chi connectivity index (χ4v) is 3.29. The molecule has 0 radical (unpaired) electrons. The van der Waals surface area contributed by atoms with E-state index in [1.807, 2.05) is 36.4 Å². The second-order valence-electron chi connectivity index (χ2n) is 5.77. The van der Waals surface area contributed by atoms with Gasteiger partial charge < -0.3 is 10.6 Å². The minimum atomic E-state index is -0.638. The van der Waals surface area contributed by atoms with Gasteiger partial charge in [-0.2, -0.15) is 5.10 Å². The third kappa shape index (κ3) is 5.62. The van der Waals surface area contributed by atoms with E-state index < -0.39 is 17.0 Å². The zero-order chi connectivity index (χ0) is 19.8. The highest BCUT2D eigenvalue weighted by molar-refractivity contribution is 8.15. The van der Waals surface area contributed by atoms with Crippen LogP contribution in [0.4, 0.5) is 10.1 Å². The summed E-state index contributed by atoms with van der Waals surface area (Å²) >= 11 is 1.11. The molecule has 3 rings (SSSR count). The van der Waals surface area contributed by atoms with Gasteiger partial charge in [0.1, 0.15) is 11.1 Å². The van der Waals surface area contributed by atoms with E-state index in [0.29, 0.717) is 5.17 Å². The summed E-state index contributed by atoms with van der Waals surface area (Å²) in [6.07, 6.45) is 5.02. The third-order valence-electron chi connectivity index (χ3n) is 3.68. The predicted molar refractivity (Wildman–Crippen MR) is 111 cm³/mol. The molecule has 2 amide bonds. The summed E-state index contributed by atoms with van der Waals surface area (Å²) < 4.78 is 13.6. The largest absolute Gasteiger partial charge is 0.324 e. The van der Waals surface area contributed by atoms with Crippen LogP contribution in [0.2, 0.25) is 0 Å². The molecule has 1 atom stereocenters. The zero-order valence-corrected chi connectivity index (χ0v) is 15.5. The number of rotatable bonds is 6. The molecule has 0 spiro atoms. The normalized spacial score (nSPS) is 18.1. The molecule has 6 nitrogen and oxygen atoms in total. The maximum absolute atomic E-state index is 13.6. The van der Waals surface area contributed by atoms with Crippen LogP contribution in [0, 0.1) is 5.82 Å². The van der Waals surface area contributed by atoms with Gasteiger partial charge in [0.15, 0.2) is 5.17 Å². The first-order chi connectivity index (χ1) is 13.6. The van der Waals surface area contributed by atoms with Crippen LogP contribution in [0.15, 0.2) is 70.9 Å². The van der Waals surface area contributed by atoms with Gasteiger partial charge in [-0.1, -0.05) is 60.3 Å². The van der Waals surface area contributed by atoms with E-state index in [-0.39, 0.29) is 18.0 Å². The van der Waals surface area contributed by atoms with Crippen molar-refractivity contribution in [2.24, 2.45) is 10.2 Å². The van der Waals surface area contributed by atoms with Gasteiger partial charge in [0.25, 0.3) is 0 Å². The van der Waals surface area contributed by atoms with E-state index in [2.05, 4.69) is 20.8 Å². The SMILES string of the molecule is O=C(C[C@H]1S/C(=N/N=C\C=C\c2ccccc2)NC1=O)Nc1ccccc1F. The number of halogens is 1. The first-order valence-corrected chi connectivity index (χ1v) is 9.34. The summed E-state index contributed by atoms with van der Waals surface area (Å²) in [5.41, 5.74) is 1.12. The second kappa shape index (κ2) is 9.61. The van der Waals surface area contributed by atoms with Gasteiger partial charge in [-0.15, -0.1) is 5.10 Å². The number of carbonyl (C=O) groups excluding carboxylic acids is 2. The van der Waals surface area contributed by atoms with Gasteiger partial charge in [0, 0.05) is 12.6 Å². The quantitative estimate of drug-likeness (QED) is 0.580. The smallest absolute Gasteiger partial charge is 0.240 e. The molecule has 0 bridgehead atoms. The highest BCUT2D eigenvalue weighted by atomic mass is 32.2. The minimum Gasteiger partial charge on any atom is -0.324 e. The van der Waals surface area contributed by atoms with Crippen LogP contribution in [0.3, 0.4) is 0 Å². The molecule has 0 unspecified atom stereocenters. The number of allylic oxidation sites excluding steroid dienone is 1. The van der Waals surface area contributed by atoms with Gasteiger partial charge in [-0.25, -0.2) is 4.39 Å². The molecule has 0 saturated carbocycles. The Labute approximate surface area is 165 Å². The molecule has 142 valence electrons. The van der Waals surface area contributed by atoms with Crippen molar-refractivity contribution in [3.05, 3.63) is 72.1 Å². The van der Waals surface area contributed by atoms with Gasteiger partial charge in [0.05, 0.1) is 5.69 Å². The van der Waals surface area contributed by atoms with Gasteiger partial charge in [-0.3, -0.25) is 9.59 Å². The number of amides is 2. The molecule has 1 heterocycles. The summed E-state index contributed by atoms with van der Waals surface area (Å²) in [7, 11) is 0. The van der Waals surface area contributed by atoms with Crippen LogP contribution < -0.4 is 10.6 Å². The van der Waals surface area contributed by atoms with Crippen molar-refractivity contribution in [1.82, 2.24) is 5.32 Å². The molecule has 1 aliphatic rings. The molecule has 0 aromatic heterocycles. The van der Waals surface area contributed by atoms with Crippen molar-refractivity contribution in [2.75, 3.05) is 5.32 Å². The number of hydrogen-bond donors (Lipinski definition) is 2. The Morgan fingerprint density at radius 2 is 1.93 bits per heavy atom. The summed E-state index contributed by atoms with van der Waals surface area (Å²) in [6.45, 7) is 0. The standard InChI is InChI=1S/C20H17FN4O2S/c21-15-10-4-5-11-16(15)23-18(26)13-17-19(27)24-20(28-17)25-22-12-6-9-14-7-2-1-3-8-14/h1-12,17H,13H2,(H,23,26)(H,24,25,27)/b9-6+,22-12-/t17-/m1/s1. The minimum absolute atomic E-state index is 0.0830. The molecule has 1 aliphatic heterocycles. The maximum Gasteiger partial charge on any atom is 0.240 e. The number of thioether (sulfide) groups is 1. The number of nitrogens with one attached hydrogen (secondary N) is 2. The summed E-state index contributed by atoms with van der Waals surface area (Å²) in [5.74, 6) is -1.31. The monoisotopic (exact) mass is 396 g/mol. The van der Waals surface area contributed by atoms with Crippen LogP contribution >= 0.6 is 11.8 Å². The first-order valence-electron chi connectivity index (χ1n) is 8.46. The molecule has 2 aromatic carbocycles. The van der Waals surface area contributed by atoms with Crippen LogP contribution in [0.5, 0.6) is 0 Å². The summed E-state index contributed by atoms with van der Waals surface area (Å²) in [6, 6.07) is 15.6. The van der Waals surface area contributed by atoms with Crippen molar-refractivity contribution in [1.29, 1.82) is 0 Å². The highest BCUT2D eigenvalue weighted by Crippen LogP contribution is 2.23. The number of hydrogen-bond acceptors (Lipinski definition) is 5. The van der Waals surface area contributed by atoms with E-state index in [1.54, 1.807) is 12.1 Å². The van der Waals surface area contributed by atoms with Crippen molar-refractivity contribution in [2.45, 2.75) is 11.7 Å². The van der Waals surface area contributed by atoms with Crippen molar-refractivity contribution >= 4 is 46.7 Å². The lowest BCUT2D eigenvalue weighted by molar-refractivity contribution is -0.122. The number of carbonyl (C=O) groups is 2. The predicted octanol–water partition coefficient (Wildman–Crippen LogP) is 3.44. The Bertz CT molecular complexity index is 944. The molecule has 2 N–H and O–H groups in total. The van der Waals surface area contributed by atoms with Crippen molar-refractivity contribution < 1.29 is 14.0 Å². The van der Waals surface area contributed by atoms with E-state index >= 15 is 0 Å². The number of amidine groups is 1. The van der Waals surface area contributed by atoms with Crippen LogP contribution in [0.1, 0.15) is 12.0 Å². The first kappa shape index (κ1) is 19.5. The Morgan fingerprint density at radius 3 is 2.71 bits per heavy atom. The van der Waals surface area contributed by atoms with Gasteiger partial charge in [0.2, 0.25) is 11.8 Å². The Balaban J connectivity index is 1.51. The number of nitrogens with zero attached hydrogens (tertiary/aromatic N) is 2. The fraction of sp³-hybridized carbons (Fsp3) is 0.100. The molecule has 1 fully saturated rings. The molecular formula is C20H17FN4O2S. The molecular weight excluding hydrogens is 379 g/mol. The summed E-state index contributed by atoms with van der Waals surface area (Å²) in [4.78, 5) is 24.0. The van der Waals surface area contributed by atoms with Crippen LogP contribution in [-0.2, 0) is 9.59 Å². The van der Waals surface area contributed by atoms with Crippen LogP contribution in [0.25, 0.3) is 6.08 Å². The Kier molecular flexibility index (Phi) is 6.69. The molecule has 8 heteroatoms.